The smallest absolute Gasteiger partial charge is 0.129 e. The van der Waals surface area contributed by atoms with E-state index in [9.17, 15) is 0 Å². The van der Waals surface area contributed by atoms with Crippen LogP contribution in [0, 0.1) is 0 Å². The minimum absolute atomic E-state index is 0.0556. The Morgan fingerprint density at radius 1 is 1.62 bits per heavy atom. The minimum atomic E-state index is 0.0556. The molecule has 0 spiro atoms. The molecule has 4 nitrogen and oxygen atoms in total. The molecule has 1 atom stereocenters. The molecule has 0 aliphatic heterocycles. The lowest BCUT2D eigenvalue weighted by molar-refractivity contribution is 0.415. The second-order valence-corrected chi connectivity index (χ2v) is 4.33. The molecule has 0 saturated heterocycles. The zero-order chi connectivity index (χ0) is 11.4. The van der Waals surface area contributed by atoms with Gasteiger partial charge in [0.15, 0.2) is 0 Å². The van der Waals surface area contributed by atoms with Crippen molar-refractivity contribution in [3.8, 4) is 5.75 Å². The first kappa shape index (κ1) is 11.2. The number of furan rings is 1. The molecule has 0 aromatic carbocycles. The largest absolute Gasteiger partial charge is 0.496 e. The predicted molar refractivity (Wildman–Crippen MR) is 63.3 cm³/mol. The molecular formula is C11H14N2O2S. The van der Waals surface area contributed by atoms with Crippen molar-refractivity contribution >= 4 is 11.3 Å². The maximum atomic E-state index is 5.55. The fourth-order valence-corrected chi connectivity index (χ4v) is 2.41. The van der Waals surface area contributed by atoms with Crippen molar-refractivity contribution in [3.63, 3.8) is 0 Å². The van der Waals surface area contributed by atoms with Crippen LogP contribution in [0.25, 0.3) is 0 Å². The van der Waals surface area contributed by atoms with Gasteiger partial charge < -0.3 is 9.15 Å². The predicted octanol–water partition coefficient (Wildman–Crippen LogP) is 2.10. The number of hydrogen-bond acceptors (Lipinski definition) is 5. The van der Waals surface area contributed by atoms with Gasteiger partial charge in [0, 0.05) is 16.7 Å². The Bertz CT molecular complexity index is 425. The van der Waals surface area contributed by atoms with Crippen LogP contribution in [0.5, 0.6) is 5.75 Å². The summed E-state index contributed by atoms with van der Waals surface area (Å²) in [6.45, 7) is 0. The van der Waals surface area contributed by atoms with Crippen molar-refractivity contribution in [1.29, 1.82) is 0 Å². The first-order chi connectivity index (χ1) is 7.83. The molecule has 0 fully saturated rings. The average Bonchev–Trinajstić information content (AvgIpc) is 2.96. The molecule has 86 valence electrons. The lowest BCUT2D eigenvalue weighted by Gasteiger charge is -2.11. The average molecular weight is 238 g/mol. The van der Waals surface area contributed by atoms with E-state index >= 15 is 0 Å². The second-order valence-electron chi connectivity index (χ2n) is 3.39. The van der Waals surface area contributed by atoms with E-state index in [1.807, 2.05) is 23.6 Å². The summed E-state index contributed by atoms with van der Waals surface area (Å²) in [5, 5.41) is 1.96. The number of methoxy groups -OCH3 is 1. The Balaban J connectivity index is 2.10. The van der Waals surface area contributed by atoms with Gasteiger partial charge in [-0.05, 0) is 18.2 Å². The summed E-state index contributed by atoms with van der Waals surface area (Å²) in [7, 11) is 1.66. The number of ether oxygens (including phenoxy) is 1. The van der Waals surface area contributed by atoms with E-state index < -0.39 is 0 Å². The Kier molecular flexibility index (Phi) is 3.61. The number of hydrogen-bond donors (Lipinski definition) is 2. The van der Waals surface area contributed by atoms with E-state index in [1.54, 1.807) is 24.7 Å². The van der Waals surface area contributed by atoms with Gasteiger partial charge in [0.1, 0.15) is 11.5 Å². The van der Waals surface area contributed by atoms with E-state index in [0.29, 0.717) is 0 Å². The summed E-state index contributed by atoms with van der Waals surface area (Å²) in [5.74, 6) is 7.32. The number of nitrogens with one attached hydrogen (secondary N) is 1. The molecule has 0 bridgehead atoms. The van der Waals surface area contributed by atoms with Gasteiger partial charge in [-0.2, -0.15) is 0 Å². The molecule has 2 heterocycles. The molecule has 5 heteroatoms. The number of nitrogens with two attached hydrogens (primary N) is 1. The lowest BCUT2D eigenvalue weighted by Crippen LogP contribution is -2.28. The van der Waals surface area contributed by atoms with Gasteiger partial charge in [0.2, 0.25) is 0 Å². The van der Waals surface area contributed by atoms with Gasteiger partial charge >= 0.3 is 0 Å². The van der Waals surface area contributed by atoms with Crippen molar-refractivity contribution < 1.29 is 9.15 Å². The van der Waals surface area contributed by atoms with E-state index in [2.05, 4.69) is 5.43 Å². The maximum absolute atomic E-state index is 5.55. The summed E-state index contributed by atoms with van der Waals surface area (Å²) in [6.07, 6.45) is 2.39. The molecule has 0 amide bonds. The van der Waals surface area contributed by atoms with Gasteiger partial charge in [0.25, 0.3) is 0 Å². The molecule has 1 unspecified atom stereocenters. The van der Waals surface area contributed by atoms with Gasteiger partial charge in [-0.3, -0.25) is 11.3 Å². The van der Waals surface area contributed by atoms with Crippen molar-refractivity contribution in [2.45, 2.75) is 12.5 Å². The zero-order valence-corrected chi connectivity index (χ0v) is 9.79. The van der Waals surface area contributed by atoms with E-state index in [1.165, 1.54) is 0 Å². The number of hydrazine groups is 1. The third-order valence-electron chi connectivity index (χ3n) is 2.36. The third kappa shape index (κ3) is 2.44. The Hall–Kier alpha value is -1.30. The van der Waals surface area contributed by atoms with Crippen molar-refractivity contribution in [1.82, 2.24) is 5.43 Å². The van der Waals surface area contributed by atoms with E-state index in [-0.39, 0.29) is 6.04 Å². The summed E-state index contributed by atoms with van der Waals surface area (Å²) in [6, 6.07) is 5.85. The van der Waals surface area contributed by atoms with Gasteiger partial charge in [-0.15, -0.1) is 11.3 Å². The van der Waals surface area contributed by atoms with Crippen LogP contribution in [0.2, 0.25) is 0 Å². The van der Waals surface area contributed by atoms with Gasteiger partial charge in [-0.25, -0.2) is 0 Å². The Labute approximate surface area is 98.0 Å². The zero-order valence-electron chi connectivity index (χ0n) is 8.97. The fourth-order valence-electron chi connectivity index (χ4n) is 1.50. The maximum Gasteiger partial charge on any atom is 0.129 e. The van der Waals surface area contributed by atoms with Crippen molar-refractivity contribution in [2.75, 3.05) is 7.11 Å². The molecule has 0 aliphatic rings. The highest BCUT2D eigenvalue weighted by molar-refractivity contribution is 7.10. The quantitative estimate of drug-likeness (QED) is 0.618. The molecular weight excluding hydrogens is 224 g/mol. The monoisotopic (exact) mass is 238 g/mol. The lowest BCUT2D eigenvalue weighted by atomic mass is 10.1. The van der Waals surface area contributed by atoms with Crippen LogP contribution < -0.4 is 16.0 Å². The topological polar surface area (TPSA) is 60.4 Å². The minimum Gasteiger partial charge on any atom is -0.496 e. The molecule has 2 aromatic rings. The molecule has 3 N–H and O–H groups in total. The standard InChI is InChI=1S/C11H14N2O2S/c1-14-9-6-11(16-7-9)10(13-12)5-8-3-2-4-15-8/h2-4,6-7,10,13H,5,12H2,1H3. The first-order valence-electron chi connectivity index (χ1n) is 4.94. The van der Waals surface area contributed by atoms with Crippen LogP contribution in [-0.2, 0) is 6.42 Å². The Morgan fingerprint density at radius 2 is 2.50 bits per heavy atom. The number of rotatable bonds is 5. The SMILES string of the molecule is COc1csc(C(Cc2ccco2)NN)c1. The van der Waals surface area contributed by atoms with Crippen LogP contribution in [0.1, 0.15) is 16.7 Å². The van der Waals surface area contributed by atoms with E-state index in [0.717, 1.165) is 22.8 Å². The molecule has 0 aliphatic carbocycles. The summed E-state index contributed by atoms with van der Waals surface area (Å²) in [5.41, 5.74) is 2.79. The highest BCUT2D eigenvalue weighted by Crippen LogP contribution is 2.28. The van der Waals surface area contributed by atoms with Crippen LogP contribution >= 0.6 is 11.3 Å². The highest BCUT2D eigenvalue weighted by atomic mass is 32.1. The van der Waals surface area contributed by atoms with E-state index in [4.69, 9.17) is 15.0 Å². The second kappa shape index (κ2) is 5.16. The highest BCUT2D eigenvalue weighted by Gasteiger charge is 2.14. The summed E-state index contributed by atoms with van der Waals surface area (Å²) in [4.78, 5) is 1.13. The van der Waals surface area contributed by atoms with Gasteiger partial charge in [-0.1, -0.05) is 0 Å². The van der Waals surface area contributed by atoms with Crippen LogP contribution in [0.4, 0.5) is 0 Å². The number of thiophene rings is 1. The van der Waals surface area contributed by atoms with Crippen molar-refractivity contribution in [2.24, 2.45) is 5.84 Å². The molecule has 0 saturated carbocycles. The molecule has 0 radical (unpaired) electrons. The Morgan fingerprint density at radius 3 is 3.06 bits per heavy atom. The van der Waals surface area contributed by atoms with Gasteiger partial charge in [0.05, 0.1) is 19.4 Å². The van der Waals surface area contributed by atoms with Crippen LogP contribution in [0.15, 0.2) is 34.3 Å². The fraction of sp³-hybridized carbons (Fsp3) is 0.273. The normalized spacial score (nSPS) is 12.6. The van der Waals surface area contributed by atoms with Crippen LogP contribution in [-0.4, -0.2) is 7.11 Å². The summed E-state index contributed by atoms with van der Waals surface area (Å²) < 4.78 is 10.4. The molecule has 2 aromatic heterocycles. The third-order valence-corrected chi connectivity index (χ3v) is 3.39. The molecule has 16 heavy (non-hydrogen) atoms. The summed E-state index contributed by atoms with van der Waals surface area (Å²) >= 11 is 1.62. The molecule has 2 rings (SSSR count). The van der Waals surface area contributed by atoms with Crippen LogP contribution in [0.3, 0.4) is 0 Å². The first-order valence-corrected chi connectivity index (χ1v) is 5.82. The van der Waals surface area contributed by atoms with Crippen molar-refractivity contribution in [3.05, 3.63) is 40.5 Å².